The number of esters is 1. The quantitative estimate of drug-likeness (QED) is 0.671. The highest BCUT2D eigenvalue weighted by molar-refractivity contribution is 5.94. The van der Waals surface area contributed by atoms with Crippen molar-refractivity contribution < 1.29 is 19.1 Å². The van der Waals surface area contributed by atoms with E-state index in [1.165, 1.54) is 6.20 Å². The van der Waals surface area contributed by atoms with Gasteiger partial charge in [0.15, 0.2) is 0 Å². The van der Waals surface area contributed by atoms with Crippen LogP contribution >= 0.6 is 0 Å². The Morgan fingerprint density at radius 2 is 1.67 bits per heavy atom. The van der Waals surface area contributed by atoms with Crippen molar-refractivity contribution in [1.82, 2.24) is 19.9 Å². The average molecular weight is 456 g/mol. The molecule has 11 heteroatoms. The number of urea groups is 1. The van der Waals surface area contributed by atoms with Crippen molar-refractivity contribution in [2.45, 2.75) is 13.8 Å². The third-order valence-corrected chi connectivity index (χ3v) is 5.70. The lowest BCUT2D eigenvalue weighted by Gasteiger charge is -2.36. The van der Waals surface area contributed by atoms with Crippen molar-refractivity contribution in [1.29, 1.82) is 0 Å². The van der Waals surface area contributed by atoms with Gasteiger partial charge >= 0.3 is 12.0 Å². The highest BCUT2D eigenvalue weighted by Crippen LogP contribution is 2.21. The van der Waals surface area contributed by atoms with Crippen molar-refractivity contribution in [3.63, 3.8) is 0 Å². The van der Waals surface area contributed by atoms with Crippen LogP contribution in [0.3, 0.4) is 0 Å². The standard InChI is InChI=1S/C22H29N7O4/c1-3-33-21(30)17-12-18(16(2)23-14-17)26-22(31)29-6-4-27(5-7-29)19-13-20(25-15-24-19)28-8-10-32-11-9-28/h12-15H,3-11H2,1-2H3,(H,26,31). The molecule has 176 valence electrons. The van der Waals surface area contributed by atoms with Crippen molar-refractivity contribution in [3.05, 3.63) is 35.9 Å². The molecular weight excluding hydrogens is 426 g/mol. The largest absolute Gasteiger partial charge is 0.462 e. The summed E-state index contributed by atoms with van der Waals surface area (Å²) in [5, 5.41) is 2.88. The fraction of sp³-hybridized carbons (Fsp3) is 0.500. The van der Waals surface area contributed by atoms with Crippen molar-refractivity contribution in [2.75, 3.05) is 74.2 Å². The van der Waals surface area contributed by atoms with Gasteiger partial charge in [-0.25, -0.2) is 19.6 Å². The molecule has 0 radical (unpaired) electrons. The summed E-state index contributed by atoms with van der Waals surface area (Å²) < 4.78 is 10.4. The first-order chi connectivity index (χ1) is 16.0. The fourth-order valence-corrected chi connectivity index (χ4v) is 3.79. The van der Waals surface area contributed by atoms with Crippen molar-refractivity contribution in [2.24, 2.45) is 0 Å². The van der Waals surface area contributed by atoms with E-state index >= 15 is 0 Å². The lowest BCUT2D eigenvalue weighted by Crippen LogP contribution is -2.50. The molecule has 4 heterocycles. The Morgan fingerprint density at radius 3 is 2.33 bits per heavy atom. The Labute approximate surface area is 192 Å². The average Bonchev–Trinajstić information content (AvgIpc) is 2.86. The SMILES string of the molecule is CCOC(=O)c1cnc(C)c(NC(=O)N2CCN(c3cc(N4CCOCC4)ncn3)CC2)c1. The maximum Gasteiger partial charge on any atom is 0.339 e. The molecule has 2 aromatic heterocycles. The normalized spacial score (nSPS) is 16.5. The van der Waals surface area contributed by atoms with Crippen LogP contribution in [0.15, 0.2) is 24.7 Å². The second kappa shape index (κ2) is 10.4. The zero-order valence-electron chi connectivity index (χ0n) is 19.0. The first-order valence-corrected chi connectivity index (χ1v) is 11.1. The lowest BCUT2D eigenvalue weighted by atomic mass is 10.2. The summed E-state index contributed by atoms with van der Waals surface area (Å²) in [6.07, 6.45) is 3.04. The number of amides is 2. The Bertz CT molecular complexity index is 988. The number of piperazine rings is 1. The molecule has 2 aliphatic heterocycles. The van der Waals surface area contributed by atoms with Crippen LogP contribution in [-0.2, 0) is 9.47 Å². The Kier molecular flexibility index (Phi) is 7.18. The molecule has 0 bridgehead atoms. The molecule has 1 N–H and O–H groups in total. The molecule has 0 spiro atoms. The van der Waals surface area contributed by atoms with Gasteiger partial charge in [0, 0.05) is 51.5 Å². The fourth-order valence-electron chi connectivity index (χ4n) is 3.79. The van der Waals surface area contributed by atoms with E-state index in [4.69, 9.17) is 9.47 Å². The number of carbonyl (C=O) groups is 2. The predicted octanol–water partition coefficient (Wildman–Crippen LogP) is 1.55. The van der Waals surface area contributed by atoms with Gasteiger partial charge in [0.25, 0.3) is 0 Å². The highest BCUT2D eigenvalue weighted by atomic mass is 16.5. The van der Waals surface area contributed by atoms with Gasteiger partial charge in [-0.3, -0.25) is 4.98 Å². The Hall–Kier alpha value is -3.47. The molecule has 0 aromatic carbocycles. The van der Waals surface area contributed by atoms with Gasteiger partial charge in [-0.05, 0) is 19.9 Å². The van der Waals surface area contributed by atoms with E-state index in [2.05, 4.69) is 30.1 Å². The monoisotopic (exact) mass is 455 g/mol. The molecule has 0 saturated carbocycles. The number of aryl methyl sites for hydroxylation is 1. The predicted molar refractivity (Wildman–Crippen MR) is 123 cm³/mol. The third-order valence-electron chi connectivity index (χ3n) is 5.70. The van der Waals surface area contributed by atoms with E-state index in [9.17, 15) is 9.59 Å². The second-order valence-electron chi connectivity index (χ2n) is 7.82. The number of carbonyl (C=O) groups excluding carboxylic acids is 2. The first kappa shape index (κ1) is 22.7. The van der Waals surface area contributed by atoms with Crippen LogP contribution in [0.2, 0.25) is 0 Å². The van der Waals surface area contributed by atoms with Gasteiger partial charge in [-0.15, -0.1) is 0 Å². The number of hydrogen-bond donors (Lipinski definition) is 1. The summed E-state index contributed by atoms with van der Waals surface area (Å²) in [5.74, 6) is 1.29. The summed E-state index contributed by atoms with van der Waals surface area (Å²) in [6.45, 7) is 9.25. The highest BCUT2D eigenvalue weighted by Gasteiger charge is 2.24. The van der Waals surface area contributed by atoms with Gasteiger partial charge < -0.3 is 29.5 Å². The lowest BCUT2D eigenvalue weighted by molar-refractivity contribution is 0.0526. The Balaban J connectivity index is 1.35. The molecule has 2 aliphatic rings. The number of pyridine rings is 1. The summed E-state index contributed by atoms with van der Waals surface area (Å²) in [7, 11) is 0. The molecule has 0 atom stereocenters. The molecule has 2 aromatic rings. The summed E-state index contributed by atoms with van der Waals surface area (Å²) in [4.78, 5) is 44.0. The number of ether oxygens (including phenoxy) is 2. The molecule has 11 nitrogen and oxygen atoms in total. The molecule has 2 saturated heterocycles. The van der Waals surface area contributed by atoms with E-state index in [0.717, 1.165) is 24.7 Å². The van der Waals surface area contributed by atoms with E-state index in [-0.39, 0.29) is 12.6 Å². The maximum atomic E-state index is 12.8. The van der Waals surface area contributed by atoms with Crippen LogP contribution in [0.4, 0.5) is 22.1 Å². The first-order valence-electron chi connectivity index (χ1n) is 11.1. The third kappa shape index (κ3) is 5.48. The second-order valence-corrected chi connectivity index (χ2v) is 7.82. The maximum absolute atomic E-state index is 12.8. The van der Waals surface area contributed by atoms with E-state index in [1.54, 1.807) is 31.1 Å². The Morgan fingerprint density at radius 1 is 1.00 bits per heavy atom. The zero-order chi connectivity index (χ0) is 23.2. The van der Waals surface area contributed by atoms with Crippen LogP contribution in [0.1, 0.15) is 23.0 Å². The van der Waals surface area contributed by atoms with E-state index in [0.29, 0.717) is 56.3 Å². The van der Waals surface area contributed by atoms with Gasteiger partial charge in [-0.1, -0.05) is 0 Å². The van der Waals surface area contributed by atoms with Gasteiger partial charge in [-0.2, -0.15) is 0 Å². The van der Waals surface area contributed by atoms with E-state index < -0.39 is 5.97 Å². The molecule has 4 rings (SSSR count). The number of morpholine rings is 1. The van der Waals surface area contributed by atoms with E-state index in [1.807, 2.05) is 6.07 Å². The minimum absolute atomic E-state index is 0.225. The number of nitrogens with one attached hydrogen (secondary N) is 1. The number of rotatable bonds is 5. The summed E-state index contributed by atoms with van der Waals surface area (Å²) in [6, 6.07) is 3.37. The summed E-state index contributed by atoms with van der Waals surface area (Å²) >= 11 is 0. The van der Waals surface area contributed by atoms with Crippen LogP contribution in [-0.4, -0.2) is 90.9 Å². The molecule has 0 aliphatic carbocycles. The molecule has 33 heavy (non-hydrogen) atoms. The number of nitrogens with zero attached hydrogens (tertiary/aromatic N) is 6. The van der Waals surface area contributed by atoms with Crippen LogP contribution < -0.4 is 15.1 Å². The molecule has 2 amide bonds. The topological polar surface area (TPSA) is 113 Å². The minimum atomic E-state index is -0.463. The number of hydrogen-bond acceptors (Lipinski definition) is 9. The van der Waals surface area contributed by atoms with Gasteiger partial charge in [0.2, 0.25) is 0 Å². The van der Waals surface area contributed by atoms with Crippen LogP contribution in [0, 0.1) is 6.92 Å². The van der Waals surface area contributed by atoms with Crippen molar-refractivity contribution in [3.8, 4) is 0 Å². The van der Waals surface area contributed by atoms with Crippen molar-refractivity contribution >= 4 is 29.3 Å². The number of anilines is 3. The smallest absolute Gasteiger partial charge is 0.339 e. The van der Waals surface area contributed by atoms with Crippen LogP contribution in [0.25, 0.3) is 0 Å². The van der Waals surface area contributed by atoms with Crippen LogP contribution in [0.5, 0.6) is 0 Å². The molecule has 0 unspecified atom stereocenters. The number of aromatic nitrogens is 3. The summed E-state index contributed by atoms with van der Waals surface area (Å²) in [5.41, 5.74) is 1.44. The van der Waals surface area contributed by atoms with Gasteiger partial charge in [0.05, 0.1) is 36.8 Å². The zero-order valence-corrected chi connectivity index (χ0v) is 19.0. The van der Waals surface area contributed by atoms with Gasteiger partial charge in [0.1, 0.15) is 18.0 Å². The molecular formula is C22H29N7O4. The minimum Gasteiger partial charge on any atom is -0.462 e. The molecule has 2 fully saturated rings.